The first-order valence-corrected chi connectivity index (χ1v) is 8.32. The molecular weight excluding hydrogens is 304 g/mol. The van der Waals surface area contributed by atoms with Gasteiger partial charge in [0.25, 0.3) is 0 Å². The lowest BCUT2D eigenvalue weighted by Crippen LogP contribution is -1.94. The van der Waals surface area contributed by atoms with Crippen molar-refractivity contribution in [1.82, 2.24) is 9.97 Å². The van der Waals surface area contributed by atoms with Crippen molar-refractivity contribution in [2.45, 2.75) is 6.92 Å². The average molecular weight is 322 g/mol. The molecule has 0 spiro atoms. The van der Waals surface area contributed by atoms with Crippen LogP contribution in [0.2, 0.25) is 0 Å². The highest BCUT2D eigenvalue weighted by atomic mass is 14.7. The molecule has 2 aromatic carbocycles. The minimum Gasteiger partial charge on any atom is -0.256 e. The van der Waals surface area contributed by atoms with Crippen LogP contribution in [0.25, 0.3) is 39.1 Å². The van der Waals surface area contributed by atoms with Crippen LogP contribution in [0, 0.1) is 6.92 Å². The Kier molecular flexibility index (Phi) is 3.87. The van der Waals surface area contributed by atoms with Crippen molar-refractivity contribution in [2.75, 3.05) is 0 Å². The van der Waals surface area contributed by atoms with E-state index in [1.54, 1.807) is 6.08 Å². The molecule has 25 heavy (non-hydrogen) atoms. The Labute approximate surface area is 147 Å². The number of allylic oxidation sites excluding steroid dienone is 2. The molecule has 0 aliphatic rings. The molecule has 2 heterocycles. The SMILES string of the molecule is C=CC=Cc1c(C)c2ncccc2c2nc(-c3ccccc3)ccc12. The van der Waals surface area contributed by atoms with E-state index >= 15 is 0 Å². The molecule has 0 fully saturated rings. The summed E-state index contributed by atoms with van der Waals surface area (Å²) < 4.78 is 0. The smallest absolute Gasteiger partial charge is 0.0809 e. The fraction of sp³-hybridized carbons (Fsp3) is 0.0435. The van der Waals surface area contributed by atoms with Crippen LogP contribution in [0.4, 0.5) is 0 Å². The number of nitrogens with zero attached hydrogens (tertiary/aromatic N) is 2. The van der Waals surface area contributed by atoms with Crippen molar-refractivity contribution >= 4 is 27.9 Å². The first-order chi connectivity index (χ1) is 12.3. The van der Waals surface area contributed by atoms with Gasteiger partial charge in [-0.3, -0.25) is 4.98 Å². The first kappa shape index (κ1) is 15.3. The molecule has 0 aliphatic heterocycles. The molecule has 0 radical (unpaired) electrons. The van der Waals surface area contributed by atoms with Crippen molar-refractivity contribution < 1.29 is 0 Å². The predicted molar refractivity (Wildman–Crippen MR) is 106 cm³/mol. The van der Waals surface area contributed by atoms with Gasteiger partial charge in [-0.1, -0.05) is 61.2 Å². The molecule has 2 aromatic heterocycles. The van der Waals surface area contributed by atoms with Crippen LogP contribution in [-0.2, 0) is 0 Å². The fourth-order valence-electron chi connectivity index (χ4n) is 3.26. The van der Waals surface area contributed by atoms with E-state index in [0.717, 1.165) is 44.2 Å². The van der Waals surface area contributed by atoms with Gasteiger partial charge in [-0.2, -0.15) is 0 Å². The molecule has 0 N–H and O–H groups in total. The molecule has 0 saturated heterocycles. The third-order valence-corrected chi connectivity index (χ3v) is 4.48. The van der Waals surface area contributed by atoms with Gasteiger partial charge in [-0.25, -0.2) is 4.98 Å². The van der Waals surface area contributed by atoms with Gasteiger partial charge in [0, 0.05) is 22.5 Å². The van der Waals surface area contributed by atoms with Gasteiger partial charge in [0.15, 0.2) is 0 Å². The number of pyridine rings is 2. The Bertz CT molecular complexity index is 1110. The van der Waals surface area contributed by atoms with Gasteiger partial charge in [0.2, 0.25) is 0 Å². The molecule has 0 unspecified atom stereocenters. The van der Waals surface area contributed by atoms with Crippen molar-refractivity contribution in [3.05, 3.63) is 90.7 Å². The molecule has 2 heteroatoms. The van der Waals surface area contributed by atoms with Crippen molar-refractivity contribution in [3.63, 3.8) is 0 Å². The molecule has 0 aliphatic carbocycles. The second-order valence-electron chi connectivity index (χ2n) is 5.99. The van der Waals surface area contributed by atoms with E-state index in [1.165, 1.54) is 0 Å². The summed E-state index contributed by atoms with van der Waals surface area (Å²) in [7, 11) is 0. The summed E-state index contributed by atoms with van der Waals surface area (Å²) in [5.74, 6) is 0. The third kappa shape index (κ3) is 2.62. The largest absolute Gasteiger partial charge is 0.256 e. The van der Waals surface area contributed by atoms with Crippen LogP contribution < -0.4 is 0 Å². The van der Waals surface area contributed by atoms with Crippen LogP contribution in [0.3, 0.4) is 0 Å². The lowest BCUT2D eigenvalue weighted by atomic mass is 9.96. The number of rotatable bonds is 3. The summed E-state index contributed by atoms with van der Waals surface area (Å²) in [5, 5.41) is 2.22. The fourth-order valence-corrected chi connectivity index (χ4v) is 3.26. The lowest BCUT2D eigenvalue weighted by Gasteiger charge is -2.12. The van der Waals surface area contributed by atoms with E-state index in [4.69, 9.17) is 4.98 Å². The van der Waals surface area contributed by atoms with Crippen LogP contribution in [0.15, 0.2) is 79.5 Å². The Morgan fingerprint density at radius 3 is 2.52 bits per heavy atom. The molecule has 0 atom stereocenters. The Morgan fingerprint density at radius 1 is 0.880 bits per heavy atom. The summed E-state index contributed by atoms with van der Waals surface area (Å²) in [6.45, 7) is 5.90. The van der Waals surface area contributed by atoms with E-state index in [-0.39, 0.29) is 0 Å². The molecular formula is C23H18N2. The summed E-state index contributed by atoms with van der Waals surface area (Å²) in [6.07, 6.45) is 7.67. The number of aryl methyl sites for hydroxylation is 1. The van der Waals surface area contributed by atoms with E-state index in [9.17, 15) is 0 Å². The maximum Gasteiger partial charge on any atom is 0.0809 e. The highest BCUT2D eigenvalue weighted by Crippen LogP contribution is 2.32. The van der Waals surface area contributed by atoms with Gasteiger partial charge in [0.05, 0.1) is 16.7 Å². The second kappa shape index (κ2) is 6.33. The number of aromatic nitrogens is 2. The molecule has 4 aromatic rings. The highest BCUT2D eigenvalue weighted by Gasteiger charge is 2.12. The van der Waals surface area contributed by atoms with E-state index in [0.29, 0.717) is 0 Å². The van der Waals surface area contributed by atoms with Crippen LogP contribution >= 0.6 is 0 Å². The molecule has 0 bridgehead atoms. The second-order valence-corrected chi connectivity index (χ2v) is 5.99. The normalized spacial score (nSPS) is 11.4. The van der Waals surface area contributed by atoms with E-state index < -0.39 is 0 Å². The summed E-state index contributed by atoms with van der Waals surface area (Å²) >= 11 is 0. The third-order valence-electron chi connectivity index (χ3n) is 4.48. The van der Waals surface area contributed by atoms with Gasteiger partial charge in [0.1, 0.15) is 0 Å². The lowest BCUT2D eigenvalue weighted by molar-refractivity contribution is 1.35. The van der Waals surface area contributed by atoms with Crippen LogP contribution in [0.5, 0.6) is 0 Å². The summed E-state index contributed by atoms with van der Waals surface area (Å²) in [4.78, 5) is 9.59. The van der Waals surface area contributed by atoms with E-state index in [2.05, 4.69) is 54.9 Å². The monoisotopic (exact) mass is 322 g/mol. The van der Waals surface area contributed by atoms with Crippen LogP contribution in [0.1, 0.15) is 11.1 Å². The molecule has 0 saturated carbocycles. The maximum absolute atomic E-state index is 4.98. The zero-order valence-electron chi connectivity index (χ0n) is 14.1. The molecule has 4 rings (SSSR count). The van der Waals surface area contributed by atoms with Gasteiger partial charge in [-0.15, -0.1) is 0 Å². The maximum atomic E-state index is 4.98. The van der Waals surface area contributed by atoms with Gasteiger partial charge < -0.3 is 0 Å². The van der Waals surface area contributed by atoms with Gasteiger partial charge >= 0.3 is 0 Å². The zero-order chi connectivity index (χ0) is 17.2. The Morgan fingerprint density at radius 2 is 1.72 bits per heavy atom. The minimum absolute atomic E-state index is 0.973. The predicted octanol–water partition coefficient (Wildman–Crippen LogP) is 5.96. The summed E-state index contributed by atoms with van der Waals surface area (Å²) in [6, 6.07) is 18.6. The highest BCUT2D eigenvalue weighted by molar-refractivity contribution is 6.09. The topological polar surface area (TPSA) is 25.8 Å². The average Bonchev–Trinajstić information content (AvgIpc) is 2.68. The quantitative estimate of drug-likeness (QED) is 0.344. The minimum atomic E-state index is 0.973. The van der Waals surface area contributed by atoms with Crippen molar-refractivity contribution in [2.24, 2.45) is 0 Å². The number of hydrogen-bond acceptors (Lipinski definition) is 2. The molecule has 0 amide bonds. The van der Waals surface area contributed by atoms with E-state index in [1.807, 2.05) is 36.5 Å². The molecule has 120 valence electrons. The van der Waals surface area contributed by atoms with Crippen molar-refractivity contribution in [1.29, 1.82) is 0 Å². The number of hydrogen-bond donors (Lipinski definition) is 0. The standard InChI is InChI=1S/C23H18N2/c1-3-4-11-18-16(2)22-20(12-8-15-24-22)23-19(18)13-14-21(25-23)17-9-6-5-7-10-17/h3-15H,1H2,2H3. The first-order valence-electron chi connectivity index (χ1n) is 8.32. The van der Waals surface area contributed by atoms with Gasteiger partial charge in [-0.05, 0) is 36.2 Å². The Hall–Kier alpha value is -3.26. The summed E-state index contributed by atoms with van der Waals surface area (Å²) in [5.41, 5.74) is 6.38. The number of fused-ring (bicyclic) bond motifs is 3. The Balaban J connectivity index is 2.10. The zero-order valence-corrected chi connectivity index (χ0v) is 14.1. The molecule has 2 nitrogen and oxygen atoms in total. The van der Waals surface area contributed by atoms with Crippen LogP contribution in [-0.4, -0.2) is 9.97 Å². The van der Waals surface area contributed by atoms with Crippen molar-refractivity contribution in [3.8, 4) is 11.3 Å². The number of benzene rings is 2.